The highest BCUT2D eigenvalue weighted by Gasteiger charge is 2.26. The average molecular weight is 428 g/mol. The fraction of sp³-hybridized carbons (Fsp3) is 0.200. The van der Waals surface area contributed by atoms with Crippen LogP contribution in [0.2, 0.25) is 0 Å². The van der Waals surface area contributed by atoms with E-state index in [1.807, 2.05) is 51.1 Å². The molecule has 0 fully saturated rings. The van der Waals surface area contributed by atoms with Gasteiger partial charge in [0.25, 0.3) is 11.7 Å². The molecule has 1 amide bonds. The number of ketones is 1. The zero-order valence-electron chi connectivity index (χ0n) is 18.4. The molecular weight excluding hydrogens is 404 g/mol. The number of aromatic nitrogens is 2. The number of carbonyl (C=O) groups excluding carboxylic acids is 2. The smallest absolute Gasteiger partial charge is 0.296 e. The van der Waals surface area contributed by atoms with Gasteiger partial charge in [-0.15, -0.1) is 0 Å². The topological polar surface area (TPSA) is 97.1 Å². The van der Waals surface area contributed by atoms with E-state index >= 15 is 0 Å². The van der Waals surface area contributed by atoms with E-state index in [-0.39, 0.29) is 11.0 Å². The van der Waals surface area contributed by atoms with Crippen LogP contribution < -0.4 is 10.6 Å². The second-order valence-corrected chi connectivity index (χ2v) is 8.54. The number of hydrogen-bond acceptors (Lipinski definition) is 6. The number of carbonyl (C=O) groups is 2. The lowest BCUT2D eigenvalue weighted by Gasteiger charge is -2.13. The van der Waals surface area contributed by atoms with Crippen LogP contribution in [0.1, 0.15) is 42.6 Å². The van der Waals surface area contributed by atoms with Gasteiger partial charge in [0.15, 0.2) is 0 Å². The number of aryl methyl sites for hydroxylation is 1. The molecule has 0 radical (unpaired) electrons. The lowest BCUT2D eigenvalue weighted by atomic mass is 9.93. The average Bonchev–Trinajstić information content (AvgIpc) is 3.17. The second kappa shape index (κ2) is 8.26. The molecule has 0 bridgehead atoms. The summed E-state index contributed by atoms with van der Waals surface area (Å²) in [5, 5.41) is 7.70. The van der Waals surface area contributed by atoms with Crippen LogP contribution in [0, 0.1) is 6.92 Å². The van der Waals surface area contributed by atoms with Gasteiger partial charge in [-0.1, -0.05) is 45.0 Å². The van der Waals surface area contributed by atoms with E-state index in [0.717, 1.165) is 16.5 Å². The predicted molar refractivity (Wildman–Crippen MR) is 124 cm³/mol. The Hall–Kier alpha value is -4.00. The van der Waals surface area contributed by atoms with Gasteiger partial charge in [0.2, 0.25) is 0 Å². The van der Waals surface area contributed by atoms with Crippen molar-refractivity contribution < 1.29 is 14.0 Å². The second-order valence-electron chi connectivity index (χ2n) is 8.54. The van der Waals surface area contributed by atoms with Crippen molar-refractivity contribution in [1.29, 1.82) is 0 Å². The third-order valence-electron chi connectivity index (χ3n) is 5.12. The first-order valence-electron chi connectivity index (χ1n) is 10.3. The van der Waals surface area contributed by atoms with Crippen LogP contribution in [0.3, 0.4) is 0 Å². The summed E-state index contributed by atoms with van der Waals surface area (Å²) >= 11 is 0. The Bertz CT molecular complexity index is 1300. The van der Waals surface area contributed by atoms with Crippen LogP contribution in [-0.4, -0.2) is 21.7 Å². The Balaban J connectivity index is 1.62. The normalized spacial score (nSPS) is 11.4. The molecule has 0 atom stereocenters. The van der Waals surface area contributed by atoms with Crippen molar-refractivity contribution in [3.05, 3.63) is 78.1 Å². The summed E-state index contributed by atoms with van der Waals surface area (Å²) in [6.45, 7) is 7.66. The third kappa shape index (κ3) is 4.23. The summed E-state index contributed by atoms with van der Waals surface area (Å²) in [6.07, 6.45) is 3.12. The van der Waals surface area contributed by atoms with Crippen LogP contribution in [0.4, 0.5) is 17.2 Å². The van der Waals surface area contributed by atoms with Crippen molar-refractivity contribution in [3.8, 4) is 0 Å². The molecule has 32 heavy (non-hydrogen) atoms. The van der Waals surface area contributed by atoms with Crippen molar-refractivity contribution in [1.82, 2.24) is 9.97 Å². The van der Waals surface area contributed by atoms with Crippen molar-refractivity contribution in [2.45, 2.75) is 33.1 Å². The van der Waals surface area contributed by atoms with Gasteiger partial charge >= 0.3 is 0 Å². The maximum Gasteiger partial charge on any atom is 0.296 e. The first-order valence-corrected chi connectivity index (χ1v) is 10.3. The molecule has 0 unspecified atom stereocenters. The van der Waals surface area contributed by atoms with Gasteiger partial charge in [-0.05, 0) is 31.2 Å². The first kappa shape index (κ1) is 21.2. The fourth-order valence-electron chi connectivity index (χ4n) is 3.40. The third-order valence-corrected chi connectivity index (χ3v) is 5.12. The Morgan fingerprint density at radius 2 is 1.66 bits per heavy atom. The van der Waals surface area contributed by atoms with E-state index in [1.165, 1.54) is 6.33 Å². The zero-order valence-corrected chi connectivity index (χ0v) is 18.4. The molecular formula is C25H24N4O3. The molecule has 2 aromatic carbocycles. The SMILES string of the molecule is Cc1oc(C(C)(C)C)cc1C(=O)C(=O)Nc1ccc(Nc2ccncn2)c2ccccc12. The van der Waals surface area contributed by atoms with Gasteiger partial charge < -0.3 is 15.1 Å². The van der Waals surface area contributed by atoms with Gasteiger partial charge in [0.1, 0.15) is 23.7 Å². The molecule has 4 aromatic rings. The van der Waals surface area contributed by atoms with E-state index in [9.17, 15) is 9.59 Å². The highest BCUT2D eigenvalue weighted by molar-refractivity contribution is 6.47. The van der Waals surface area contributed by atoms with E-state index in [2.05, 4.69) is 20.6 Å². The zero-order chi connectivity index (χ0) is 22.9. The van der Waals surface area contributed by atoms with Crippen LogP contribution in [-0.2, 0) is 10.2 Å². The van der Waals surface area contributed by atoms with Gasteiger partial charge in [-0.25, -0.2) is 9.97 Å². The molecule has 4 rings (SSSR count). The maximum atomic E-state index is 12.9. The highest BCUT2D eigenvalue weighted by atomic mass is 16.3. The van der Waals surface area contributed by atoms with E-state index in [1.54, 1.807) is 31.3 Å². The number of furan rings is 1. The minimum absolute atomic E-state index is 0.261. The van der Waals surface area contributed by atoms with Gasteiger partial charge in [0, 0.05) is 33.8 Å². The monoisotopic (exact) mass is 428 g/mol. The molecule has 162 valence electrons. The Morgan fingerprint density at radius 1 is 0.969 bits per heavy atom. The molecule has 7 heteroatoms. The maximum absolute atomic E-state index is 12.9. The summed E-state index contributed by atoms with van der Waals surface area (Å²) in [6, 6.07) is 14.6. The van der Waals surface area contributed by atoms with Crippen molar-refractivity contribution in [3.63, 3.8) is 0 Å². The molecule has 0 spiro atoms. The van der Waals surface area contributed by atoms with Gasteiger partial charge in [-0.3, -0.25) is 9.59 Å². The Morgan fingerprint density at radius 3 is 2.28 bits per heavy atom. The van der Waals surface area contributed by atoms with Crippen LogP contribution in [0.25, 0.3) is 10.8 Å². The van der Waals surface area contributed by atoms with Crippen LogP contribution >= 0.6 is 0 Å². The molecule has 2 aromatic heterocycles. The molecule has 2 N–H and O–H groups in total. The molecule has 0 aliphatic rings. The van der Waals surface area contributed by atoms with E-state index < -0.39 is 11.7 Å². The first-order chi connectivity index (χ1) is 15.2. The lowest BCUT2D eigenvalue weighted by molar-refractivity contribution is -0.112. The number of Topliss-reactive ketones (excluding diaryl/α,β-unsaturated/α-hetero) is 1. The minimum atomic E-state index is -0.712. The number of rotatable bonds is 5. The summed E-state index contributed by atoms with van der Waals surface area (Å²) in [5.74, 6) is 0.410. The molecule has 0 saturated heterocycles. The minimum Gasteiger partial charge on any atom is -0.465 e. The van der Waals surface area contributed by atoms with E-state index in [4.69, 9.17) is 4.42 Å². The van der Waals surface area contributed by atoms with Crippen LogP contribution in [0.5, 0.6) is 0 Å². The number of anilines is 3. The molecule has 0 aliphatic heterocycles. The number of hydrogen-bond donors (Lipinski definition) is 2. The molecule has 2 heterocycles. The Kier molecular flexibility index (Phi) is 5.48. The fourth-order valence-corrected chi connectivity index (χ4v) is 3.40. The van der Waals surface area contributed by atoms with Crippen LogP contribution in [0.15, 0.2) is 65.5 Å². The largest absolute Gasteiger partial charge is 0.465 e. The number of nitrogens with zero attached hydrogens (tertiary/aromatic N) is 2. The highest BCUT2D eigenvalue weighted by Crippen LogP contribution is 2.32. The van der Waals surface area contributed by atoms with Gasteiger partial charge in [-0.2, -0.15) is 0 Å². The quantitative estimate of drug-likeness (QED) is 0.327. The van der Waals surface area contributed by atoms with Crippen molar-refractivity contribution in [2.75, 3.05) is 10.6 Å². The predicted octanol–water partition coefficient (Wildman–Crippen LogP) is 5.39. The Labute approximate surface area is 185 Å². The number of fused-ring (bicyclic) bond motifs is 1. The van der Waals surface area contributed by atoms with Crippen molar-refractivity contribution >= 4 is 39.7 Å². The summed E-state index contributed by atoms with van der Waals surface area (Å²) in [7, 11) is 0. The molecule has 0 saturated carbocycles. The van der Waals surface area contributed by atoms with Gasteiger partial charge in [0.05, 0.1) is 5.56 Å². The number of benzene rings is 2. The van der Waals surface area contributed by atoms with E-state index in [0.29, 0.717) is 23.0 Å². The molecule has 0 aliphatic carbocycles. The standard InChI is InChI=1S/C25H24N4O3/c1-15-18(13-21(32-15)25(2,3)4)23(30)24(31)29-20-10-9-19(16-7-5-6-8-17(16)20)28-22-11-12-26-14-27-22/h5-14H,1-4H3,(H,29,31)(H,26,27,28). The summed E-state index contributed by atoms with van der Waals surface area (Å²) < 4.78 is 5.72. The number of nitrogens with one attached hydrogen (secondary N) is 2. The summed E-state index contributed by atoms with van der Waals surface area (Å²) in [4.78, 5) is 33.8. The molecule has 7 nitrogen and oxygen atoms in total. The lowest BCUT2D eigenvalue weighted by Crippen LogP contribution is -2.23. The number of amides is 1. The van der Waals surface area contributed by atoms with Crippen molar-refractivity contribution in [2.24, 2.45) is 0 Å². The summed E-state index contributed by atoms with van der Waals surface area (Å²) in [5.41, 5.74) is 1.38.